The summed E-state index contributed by atoms with van der Waals surface area (Å²) >= 11 is 0. The number of aliphatic hydroxyl groups excluding tert-OH is 1. The molecule has 0 aliphatic heterocycles. The maximum atomic E-state index is 8.64. The molecule has 1 nitrogen and oxygen atoms in total. The quantitative estimate of drug-likeness (QED) is 0.345. The minimum Gasteiger partial charge on any atom is -0.396 e. The predicted molar refractivity (Wildman–Crippen MR) is 93.4 cm³/mol. The standard InChI is InChI=1S/C16H34O.C3H8/c1-2-3-4-5-6-7-8-9-10-11-12-13-14-15-16-17;1-3-2/h17H,2-16H2,1H3;3H2,1-2H3. The Morgan fingerprint density at radius 3 is 0.950 bits per heavy atom. The van der Waals surface area contributed by atoms with Crippen molar-refractivity contribution in [1.29, 1.82) is 0 Å². The van der Waals surface area contributed by atoms with Gasteiger partial charge in [0.05, 0.1) is 0 Å². The van der Waals surface area contributed by atoms with Crippen molar-refractivity contribution in [2.75, 3.05) is 6.61 Å². The number of aliphatic hydroxyl groups is 1. The van der Waals surface area contributed by atoms with Gasteiger partial charge in [0.15, 0.2) is 0 Å². The number of rotatable bonds is 14. The van der Waals surface area contributed by atoms with Crippen LogP contribution < -0.4 is 0 Å². The molecule has 0 aromatic rings. The van der Waals surface area contributed by atoms with Crippen LogP contribution in [0.15, 0.2) is 0 Å². The first kappa shape index (κ1) is 22.2. The highest BCUT2D eigenvalue weighted by molar-refractivity contribution is 4.48. The van der Waals surface area contributed by atoms with E-state index in [-0.39, 0.29) is 0 Å². The van der Waals surface area contributed by atoms with Crippen molar-refractivity contribution >= 4 is 0 Å². The molecule has 0 amide bonds. The van der Waals surface area contributed by atoms with Crippen molar-refractivity contribution < 1.29 is 5.11 Å². The van der Waals surface area contributed by atoms with Crippen molar-refractivity contribution in [2.45, 2.75) is 117 Å². The van der Waals surface area contributed by atoms with Crippen molar-refractivity contribution in [1.82, 2.24) is 0 Å². The Hall–Kier alpha value is -0.0400. The van der Waals surface area contributed by atoms with Gasteiger partial charge in [0.25, 0.3) is 0 Å². The molecule has 0 aromatic carbocycles. The molecule has 0 rings (SSSR count). The van der Waals surface area contributed by atoms with Crippen LogP contribution >= 0.6 is 0 Å². The second-order valence-corrected chi connectivity index (χ2v) is 6.03. The summed E-state index contributed by atoms with van der Waals surface area (Å²) in [5.41, 5.74) is 0. The van der Waals surface area contributed by atoms with Crippen molar-refractivity contribution in [2.24, 2.45) is 0 Å². The third-order valence-electron chi connectivity index (χ3n) is 3.51. The molecule has 0 fully saturated rings. The average molecular weight is 287 g/mol. The molecule has 124 valence electrons. The normalized spacial score (nSPS) is 10.2. The predicted octanol–water partition coefficient (Wildman–Crippen LogP) is 6.88. The zero-order valence-corrected chi connectivity index (χ0v) is 14.8. The summed E-state index contributed by atoms with van der Waals surface area (Å²) in [4.78, 5) is 0. The van der Waals surface area contributed by atoms with Gasteiger partial charge in [-0.1, -0.05) is 111 Å². The molecule has 0 saturated heterocycles. The van der Waals surface area contributed by atoms with Gasteiger partial charge in [0.1, 0.15) is 0 Å². The molecular formula is C19H42O. The number of hydrogen-bond acceptors (Lipinski definition) is 1. The van der Waals surface area contributed by atoms with Gasteiger partial charge in [0, 0.05) is 6.61 Å². The third-order valence-corrected chi connectivity index (χ3v) is 3.51. The fourth-order valence-electron chi connectivity index (χ4n) is 2.31. The highest BCUT2D eigenvalue weighted by Crippen LogP contribution is 2.12. The van der Waals surface area contributed by atoms with E-state index in [0.717, 1.165) is 6.42 Å². The maximum Gasteiger partial charge on any atom is 0.0431 e. The van der Waals surface area contributed by atoms with Crippen LogP contribution in [0, 0.1) is 0 Å². The van der Waals surface area contributed by atoms with Gasteiger partial charge < -0.3 is 5.11 Å². The zero-order chi connectivity index (χ0) is 15.3. The van der Waals surface area contributed by atoms with Crippen LogP contribution in [0.2, 0.25) is 0 Å². The maximum absolute atomic E-state index is 8.64. The van der Waals surface area contributed by atoms with Gasteiger partial charge in [-0.15, -0.1) is 0 Å². The molecule has 0 atom stereocenters. The Morgan fingerprint density at radius 1 is 0.450 bits per heavy atom. The van der Waals surface area contributed by atoms with Gasteiger partial charge in [-0.2, -0.15) is 0 Å². The highest BCUT2D eigenvalue weighted by Gasteiger charge is 1.93. The largest absolute Gasteiger partial charge is 0.396 e. The van der Waals surface area contributed by atoms with Crippen molar-refractivity contribution in [3.05, 3.63) is 0 Å². The molecule has 0 spiro atoms. The smallest absolute Gasteiger partial charge is 0.0431 e. The summed E-state index contributed by atoms with van der Waals surface area (Å²) in [5.74, 6) is 0. The molecule has 0 bridgehead atoms. The van der Waals surface area contributed by atoms with Gasteiger partial charge in [-0.3, -0.25) is 0 Å². The fourth-order valence-corrected chi connectivity index (χ4v) is 2.31. The third kappa shape index (κ3) is 26.5. The van der Waals surface area contributed by atoms with E-state index in [0.29, 0.717) is 6.61 Å². The number of hydrogen-bond donors (Lipinski definition) is 1. The summed E-state index contributed by atoms with van der Waals surface area (Å²) in [6.07, 6.45) is 20.5. The Bertz CT molecular complexity index is 120. The molecule has 0 radical (unpaired) electrons. The topological polar surface area (TPSA) is 20.2 Å². The molecule has 0 unspecified atom stereocenters. The first-order chi connectivity index (χ1) is 9.83. The Kier molecular flexibility index (Phi) is 26.7. The van der Waals surface area contributed by atoms with E-state index >= 15 is 0 Å². The summed E-state index contributed by atoms with van der Waals surface area (Å²) in [7, 11) is 0. The highest BCUT2D eigenvalue weighted by atomic mass is 16.2. The van der Waals surface area contributed by atoms with Crippen LogP contribution in [0.5, 0.6) is 0 Å². The first-order valence-corrected chi connectivity index (χ1v) is 9.44. The Balaban J connectivity index is 0. The Labute approximate surface area is 129 Å². The molecule has 0 saturated carbocycles. The van der Waals surface area contributed by atoms with Crippen LogP contribution in [0.4, 0.5) is 0 Å². The van der Waals surface area contributed by atoms with Crippen LogP contribution in [0.1, 0.15) is 117 Å². The lowest BCUT2D eigenvalue weighted by atomic mass is 10.0. The van der Waals surface area contributed by atoms with Gasteiger partial charge in [-0.05, 0) is 6.42 Å². The SMILES string of the molecule is CCC.CCCCCCCCCCCCCCCCO. The van der Waals surface area contributed by atoms with E-state index in [4.69, 9.17) is 5.11 Å². The van der Waals surface area contributed by atoms with Gasteiger partial charge in [-0.25, -0.2) is 0 Å². The van der Waals surface area contributed by atoms with Crippen LogP contribution in [-0.2, 0) is 0 Å². The number of unbranched alkanes of at least 4 members (excludes halogenated alkanes) is 13. The minimum absolute atomic E-state index is 0.373. The summed E-state index contributed by atoms with van der Waals surface area (Å²) in [6.45, 7) is 6.90. The second kappa shape index (κ2) is 24.0. The van der Waals surface area contributed by atoms with E-state index in [2.05, 4.69) is 20.8 Å². The molecule has 0 aliphatic carbocycles. The lowest BCUT2D eigenvalue weighted by molar-refractivity contribution is 0.282. The molecule has 1 heteroatoms. The fraction of sp³-hybridized carbons (Fsp3) is 1.00. The molecule has 1 N–H and O–H groups in total. The summed E-state index contributed by atoms with van der Waals surface area (Å²) in [6, 6.07) is 0. The summed E-state index contributed by atoms with van der Waals surface area (Å²) < 4.78 is 0. The molecule has 20 heavy (non-hydrogen) atoms. The van der Waals surface area contributed by atoms with Crippen LogP contribution in [-0.4, -0.2) is 11.7 Å². The van der Waals surface area contributed by atoms with E-state index in [1.165, 1.54) is 89.9 Å². The van der Waals surface area contributed by atoms with Crippen molar-refractivity contribution in [3.63, 3.8) is 0 Å². The van der Waals surface area contributed by atoms with Crippen LogP contribution in [0.25, 0.3) is 0 Å². The molecular weight excluding hydrogens is 244 g/mol. The summed E-state index contributed by atoms with van der Waals surface area (Å²) in [5, 5.41) is 8.64. The van der Waals surface area contributed by atoms with E-state index < -0.39 is 0 Å². The van der Waals surface area contributed by atoms with E-state index in [1.807, 2.05) is 0 Å². The van der Waals surface area contributed by atoms with Crippen molar-refractivity contribution in [3.8, 4) is 0 Å². The van der Waals surface area contributed by atoms with Crippen LogP contribution in [0.3, 0.4) is 0 Å². The van der Waals surface area contributed by atoms with Gasteiger partial charge >= 0.3 is 0 Å². The molecule has 0 aromatic heterocycles. The lowest BCUT2D eigenvalue weighted by Gasteiger charge is -2.02. The Morgan fingerprint density at radius 2 is 0.700 bits per heavy atom. The zero-order valence-electron chi connectivity index (χ0n) is 14.8. The second-order valence-electron chi connectivity index (χ2n) is 6.03. The monoisotopic (exact) mass is 286 g/mol. The first-order valence-electron chi connectivity index (χ1n) is 9.44. The molecule has 0 heterocycles. The lowest BCUT2D eigenvalue weighted by Crippen LogP contribution is -1.84. The van der Waals surface area contributed by atoms with E-state index in [1.54, 1.807) is 0 Å². The molecule has 0 aliphatic rings. The average Bonchev–Trinajstić information content (AvgIpc) is 2.45. The van der Waals surface area contributed by atoms with Gasteiger partial charge in [0.2, 0.25) is 0 Å². The van der Waals surface area contributed by atoms with E-state index in [9.17, 15) is 0 Å². The minimum atomic E-state index is 0.373.